The van der Waals surface area contributed by atoms with Crippen molar-refractivity contribution in [3.63, 3.8) is 0 Å². The molecular formula is C14H20N2O2. The Labute approximate surface area is 108 Å². The van der Waals surface area contributed by atoms with Crippen molar-refractivity contribution in [2.45, 2.75) is 32.1 Å². The van der Waals surface area contributed by atoms with Crippen molar-refractivity contribution < 1.29 is 9.59 Å². The molecule has 2 heterocycles. The van der Waals surface area contributed by atoms with E-state index in [9.17, 15) is 9.59 Å². The van der Waals surface area contributed by atoms with Crippen molar-refractivity contribution in [1.29, 1.82) is 0 Å². The van der Waals surface area contributed by atoms with Crippen LogP contribution in [0.4, 0.5) is 0 Å². The van der Waals surface area contributed by atoms with Gasteiger partial charge in [0.05, 0.1) is 12.2 Å². The standard InChI is InChI=1S/C14H20N2O2/c1-15-9-6-7-12(15)13(17)11-16-10-5-3-2-4-8-14(16)18/h6-7,9H,2-5,8,10-11H2,1H3. The third kappa shape index (κ3) is 3.00. The number of nitrogens with zero attached hydrogens (tertiary/aromatic N) is 2. The number of hydrogen-bond acceptors (Lipinski definition) is 2. The van der Waals surface area contributed by atoms with Crippen LogP contribution in [0, 0.1) is 0 Å². The van der Waals surface area contributed by atoms with Gasteiger partial charge in [0.25, 0.3) is 0 Å². The van der Waals surface area contributed by atoms with E-state index in [0.29, 0.717) is 12.1 Å². The van der Waals surface area contributed by atoms with E-state index in [1.54, 1.807) is 15.5 Å². The molecule has 98 valence electrons. The fourth-order valence-electron chi connectivity index (χ4n) is 2.39. The number of aryl methyl sites for hydroxylation is 1. The van der Waals surface area contributed by atoms with E-state index < -0.39 is 0 Å². The Morgan fingerprint density at radius 2 is 2.06 bits per heavy atom. The molecule has 18 heavy (non-hydrogen) atoms. The van der Waals surface area contributed by atoms with Gasteiger partial charge in [-0.1, -0.05) is 12.8 Å². The largest absolute Gasteiger partial charge is 0.348 e. The van der Waals surface area contributed by atoms with Crippen LogP contribution >= 0.6 is 0 Å². The van der Waals surface area contributed by atoms with Gasteiger partial charge in [-0.2, -0.15) is 0 Å². The van der Waals surface area contributed by atoms with Gasteiger partial charge in [-0.15, -0.1) is 0 Å². The molecule has 1 aliphatic rings. The lowest BCUT2D eigenvalue weighted by molar-refractivity contribution is -0.131. The number of ketones is 1. The van der Waals surface area contributed by atoms with Crippen molar-refractivity contribution in [3.8, 4) is 0 Å². The zero-order valence-corrected chi connectivity index (χ0v) is 10.9. The van der Waals surface area contributed by atoms with Crippen molar-refractivity contribution >= 4 is 11.7 Å². The summed E-state index contributed by atoms with van der Waals surface area (Å²) < 4.78 is 1.80. The van der Waals surface area contributed by atoms with E-state index in [1.165, 1.54) is 0 Å². The topological polar surface area (TPSA) is 42.3 Å². The summed E-state index contributed by atoms with van der Waals surface area (Å²) in [5, 5.41) is 0. The third-order valence-electron chi connectivity index (χ3n) is 3.49. The third-order valence-corrected chi connectivity index (χ3v) is 3.49. The number of aromatic nitrogens is 1. The summed E-state index contributed by atoms with van der Waals surface area (Å²) in [4.78, 5) is 25.8. The highest BCUT2D eigenvalue weighted by atomic mass is 16.2. The Kier molecular flexibility index (Phi) is 4.18. The van der Waals surface area contributed by atoms with Gasteiger partial charge in [0.15, 0.2) is 5.78 Å². The minimum atomic E-state index is 0.0245. The molecule has 0 bridgehead atoms. The minimum absolute atomic E-state index is 0.0245. The fourth-order valence-corrected chi connectivity index (χ4v) is 2.39. The zero-order valence-electron chi connectivity index (χ0n) is 10.9. The molecule has 0 unspecified atom stereocenters. The summed E-state index contributed by atoms with van der Waals surface area (Å²) in [5.74, 6) is 0.147. The SMILES string of the molecule is Cn1cccc1C(=O)CN1CCCCCCC1=O. The summed E-state index contributed by atoms with van der Waals surface area (Å²) in [7, 11) is 1.85. The maximum absolute atomic E-state index is 12.1. The van der Waals surface area contributed by atoms with E-state index in [-0.39, 0.29) is 18.2 Å². The number of likely N-dealkylation sites (tertiary alicyclic amines) is 1. The number of amides is 1. The Balaban J connectivity index is 2.00. The van der Waals surface area contributed by atoms with Crippen molar-refractivity contribution in [2.24, 2.45) is 7.05 Å². The molecule has 2 rings (SSSR count). The molecule has 1 aromatic heterocycles. The van der Waals surface area contributed by atoms with E-state index in [2.05, 4.69) is 0 Å². The van der Waals surface area contributed by atoms with E-state index in [0.717, 1.165) is 32.2 Å². The summed E-state index contributed by atoms with van der Waals surface area (Å²) in [6, 6.07) is 3.65. The van der Waals surface area contributed by atoms with Crippen LogP contribution in [-0.2, 0) is 11.8 Å². The summed E-state index contributed by atoms with van der Waals surface area (Å²) in [6.07, 6.45) is 6.68. The first kappa shape index (κ1) is 12.9. The quantitative estimate of drug-likeness (QED) is 0.768. The van der Waals surface area contributed by atoms with Gasteiger partial charge >= 0.3 is 0 Å². The van der Waals surface area contributed by atoms with E-state index in [1.807, 2.05) is 19.3 Å². The lowest BCUT2D eigenvalue weighted by Crippen LogP contribution is -2.37. The lowest BCUT2D eigenvalue weighted by Gasteiger charge is -2.24. The van der Waals surface area contributed by atoms with E-state index >= 15 is 0 Å². The van der Waals surface area contributed by atoms with Crippen LogP contribution in [-0.4, -0.2) is 34.2 Å². The normalized spacial score (nSPS) is 17.4. The van der Waals surface area contributed by atoms with Crippen LogP contribution in [0.3, 0.4) is 0 Å². The average Bonchev–Trinajstić information content (AvgIpc) is 2.75. The van der Waals surface area contributed by atoms with Crippen LogP contribution < -0.4 is 0 Å². The van der Waals surface area contributed by atoms with Crippen LogP contribution in [0.15, 0.2) is 18.3 Å². The molecular weight excluding hydrogens is 228 g/mol. The van der Waals surface area contributed by atoms with Crippen molar-refractivity contribution in [1.82, 2.24) is 9.47 Å². The molecule has 0 saturated carbocycles. The predicted molar refractivity (Wildman–Crippen MR) is 69.4 cm³/mol. The first-order valence-electron chi connectivity index (χ1n) is 6.61. The minimum Gasteiger partial charge on any atom is -0.348 e. The summed E-state index contributed by atoms with van der Waals surface area (Å²) in [6.45, 7) is 0.936. The van der Waals surface area contributed by atoms with E-state index in [4.69, 9.17) is 0 Å². The number of carbonyl (C=O) groups is 2. The van der Waals surface area contributed by atoms with Gasteiger partial charge in [0.2, 0.25) is 5.91 Å². The highest BCUT2D eigenvalue weighted by Gasteiger charge is 2.20. The molecule has 0 atom stereocenters. The molecule has 0 aliphatic carbocycles. The molecule has 1 aromatic rings. The Bertz CT molecular complexity index is 437. The Morgan fingerprint density at radius 1 is 1.28 bits per heavy atom. The molecule has 0 aromatic carbocycles. The van der Waals surface area contributed by atoms with Gasteiger partial charge in [0.1, 0.15) is 0 Å². The second-order valence-corrected chi connectivity index (χ2v) is 4.91. The molecule has 0 spiro atoms. The fraction of sp³-hybridized carbons (Fsp3) is 0.571. The Morgan fingerprint density at radius 3 is 2.78 bits per heavy atom. The summed E-state index contributed by atoms with van der Waals surface area (Å²) >= 11 is 0. The van der Waals surface area contributed by atoms with Gasteiger partial charge in [-0.25, -0.2) is 0 Å². The smallest absolute Gasteiger partial charge is 0.222 e. The van der Waals surface area contributed by atoms with Crippen LogP contribution in [0.2, 0.25) is 0 Å². The van der Waals surface area contributed by atoms with Crippen LogP contribution in [0.25, 0.3) is 0 Å². The molecule has 1 amide bonds. The Hall–Kier alpha value is -1.58. The number of rotatable bonds is 3. The molecule has 1 fully saturated rings. The van der Waals surface area contributed by atoms with Gasteiger partial charge in [-0.05, 0) is 25.0 Å². The number of Topliss-reactive ketones (excluding diaryl/α,β-unsaturated/α-hetero) is 1. The maximum atomic E-state index is 12.1. The molecule has 4 heteroatoms. The maximum Gasteiger partial charge on any atom is 0.222 e. The van der Waals surface area contributed by atoms with Gasteiger partial charge in [0, 0.05) is 26.2 Å². The monoisotopic (exact) mass is 248 g/mol. The number of hydrogen-bond donors (Lipinski definition) is 0. The van der Waals surface area contributed by atoms with Gasteiger partial charge < -0.3 is 9.47 Å². The van der Waals surface area contributed by atoms with Crippen molar-refractivity contribution in [2.75, 3.05) is 13.1 Å². The van der Waals surface area contributed by atoms with Gasteiger partial charge in [-0.3, -0.25) is 9.59 Å². The molecule has 0 radical (unpaired) electrons. The first-order valence-corrected chi connectivity index (χ1v) is 6.61. The summed E-state index contributed by atoms with van der Waals surface area (Å²) in [5.41, 5.74) is 0.671. The lowest BCUT2D eigenvalue weighted by atomic mass is 10.1. The second-order valence-electron chi connectivity index (χ2n) is 4.91. The zero-order chi connectivity index (χ0) is 13.0. The molecule has 0 N–H and O–H groups in total. The van der Waals surface area contributed by atoms with Crippen LogP contribution in [0.1, 0.15) is 42.6 Å². The first-order chi connectivity index (χ1) is 8.68. The number of carbonyl (C=O) groups excluding carboxylic acids is 2. The van der Waals surface area contributed by atoms with Crippen LogP contribution in [0.5, 0.6) is 0 Å². The highest BCUT2D eigenvalue weighted by molar-refractivity contribution is 5.98. The molecule has 4 nitrogen and oxygen atoms in total. The second kappa shape index (κ2) is 5.85. The highest BCUT2D eigenvalue weighted by Crippen LogP contribution is 2.12. The average molecular weight is 248 g/mol. The molecule has 1 saturated heterocycles. The predicted octanol–water partition coefficient (Wildman–Crippen LogP) is 2.00. The molecule has 1 aliphatic heterocycles. The van der Waals surface area contributed by atoms with Crippen molar-refractivity contribution in [3.05, 3.63) is 24.0 Å².